The van der Waals surface area contributed by atoms with Crippen LogP contribution in [0.1, 0.15) is 43.3 Å². The molecule has 0 bridgehead atoms. The van der Waals surface area contributed by atoms with Crippen LogP contribution in [-0.2, 0) is 4.74 Å². The average Bonchev–Trinajstić information content (AvgIpc) is 2.94. The van der Waals surface area contributed by atoms with E-state index in [0.29, 0.717) is 11.8 Å². The molecule has 0 aliphatic carbocycles. The molecule has 0 fully saturated rings. The fourth-order valence-corrected chi connectivity index (χ4v) is 1.83. The van der Waals surface area contributed by atoms with Gasteiger partial charge in [0.25, 0.3) is 0 Å². The predicted molar refractivity (Wildman–Crippen MR) is 71.7 cm³/mol. The van der Waals surface area contributed by atoms with Gasteiger partial charge in [-0.2, -0.15) is 0 Å². The van der Waals surface area contributed by atoms with E-state index in [-0.39, 0.29) is 12.1 Å². The molecule has 0 amide bonds. The van der Waals surface area contributed by atoms with Crippen LogP contribution in [-0.4, -0.2) is 23.9 Å². The van der Waals surface area contributed by atoms with E-state index in [2.05, 4.69) is 15.5 Å². The van der Waals surface area contributed by atoms with Crippen LogP contribution >= 0.6 is 0 Å². The van der Waals surface area contributed by atoms with Gasteiger partial charge in [0.2, 0.25) is 11.8 Å². The highest BCUT2D eigenvalue weighted by atomic mass is 16.5. The molecule has 102 valence electrons. The lowest BCUT2D eigenvalue weighted by Crippen LogP contribution is -2.22. The monoisotopic (exact) mass is 261 g/mol. The van der Waals surface area contributed by atoms with Crippen LogP contribution in [0.5, 0.6) is 0 Å². The number of nitrogens with one attached hydrogen (secondary N) is 1. The summed E-state index contributed by atoms with van der Waals surface area (Å²) < 4.78 is 10.9. The molecule has 0 aliphatic rings. The molecule has 0 radical (unpaired) electrons. The van der Waals surface area contributed by atoms with Crippen molar-refractivity contribution in [2.24, 2.45) is 0 Å². The van der Waals surface area contributed by atoms with Crippen molar-refractivity contribution in [3.63, 3.8) is 0 Å². The van der Waals surface area contributed by atoms with E-state index in [1.165, 1.54) is 0 Å². The van der Waals surface area contributed by atoms with Gasteiger partial charge >= 0.3 is 0 Å². The first-order chi connectivity index (χ1) is 9.26. The molecule has 2 aromatic rings. The molecule has 5 heteroatoms. The van der Waals surface area contributed by atoms with Crippen LogP contribution < -0.4 is 5.32 Å². The summed E-state index contributed by atoms with van der Waals surface area (Å²) >= 11 is 0. The zero-order valence-corrected chi connectivity index (χ0v) is 11.5. The lowest BCUT2D eigenvalue weighted by atomic mass is 10.1. The number of hydrogen-bond acceptors (Lipinski definition) is 5. The molecule has 5 nitrogen and oxygen atoms in total. The molecular formula is C14H19N3O2. The maximum absolute atomic E-state index is 5.70. The number of benzene rings is 1. The summed E-state index contributed by atoms with van der Waals surface area (Å²) in [5.74, 6) is 1.06. The van der Waals surface area contributed by atoms with Gasteiger partial charge in [-0.1, -0.05) is 37.3 Å². The third kappa shape index (κ3) is 3.19. The fraction of sp³-hybridized carbons (Fsp3) is 0.429. The first-order valence-electron chi connectivity index (χ1n) is 6.40. The van der Waals surface area contributed by atoms with Crippen LogP contribution in [0.4, 0.5) is 0 Å². The minimum absolute atomic E-state index is 0.0866. The standard InChI is InChI=1S/C14H19N3O2/c1-4-15-12(11-8-6-5-7-9-11)14-17-16-13(19-14)10(2)18-3/h5-10,12,15H,4H2,1-3H3. The molecule has 1 aromatic carbocycles. The first kappa shape index (κ1) is 13.7. The van der Waals surface area contributed by atoms with Gasteiger partial charge in [-0.25, -0.2) is 0 Å². The van der Waals surface area contributed by atoms with Gasteiger partial charge < -0.3 is 14.5 Å². The van der Waals surface area contributed by atoms with Crippen molar-refractivity contribution < 1.29 is 9.15 Å². The van der Waals surface area contributed by atoms with E-state index in [0.717, 1.165) is 12.1 Å². The van der Waals surface area contributed by atoms with E-state index >= 15 is 0 Å². The zero-order valence-electron chi connectivity index (χ0n) is 11.5. The highest BCUT2D eigenvalue weighted by Crippen LogP contribution is 2.23. The summed E-state index contributed by atoms with van der Waals surface area (Å²) in [5, 5.41) is 11.5. The Morgan fingerprint density at radius 2 is 1.89 bits per heavy atom. The van der Waals surface area contributed by atoms with Crippen LogP contribution in [0, 0.1) is 0 Å². The largest absolute Gasteiger partial charge is 0.420 e. The van der Waals surface area contributed by atoms with E-state index in [9.17, 15) is 0 Å². The Labute approximate surface area is 113 Å². The summed E-state index contributed by atoms with van der Waals surface area (Å²) in [6, 6.07) is 9.97. The average molecular weight is 261 g/mol. The minimum Gasteiger partial charge on any atom is -0.420 e. The van der Waals surface area contributed by atoms with Crippen molar-refractivity contribution >= 4 is 0 Å². The number of hydrogen-bond donors (Lipinski definition) is 1. The van der Waals surface area contributed by atoms with E-state index in [1.54, 1.807) is 7.11 Å². The molecule has 2 rings (SSSR count). The van der Waals surface area contributed by atoms with Crippen LogP contribution in [0.25, 0.3) is 0 Å². The van der Waals surface area contributed by atoms with E-state index in [1.807, 2.05) is 44.2 Å². The molecule has 0 saturated carbocycles. The maximum atomic E-state index is 5.70. The van der Waals surface area contributed by atoms with Crippen molar-refractivity contribution in [2.75, 3.05) is 13.7 Å². The minimum atomic E-state index is -0.195. The number of rotatable bonds is 6. The predicted octanol–water partition coefficient (Wildman–Crippen LogP) is 2.48. The summed E-state index contributed by atoms with van der Waals surface area (Å²) in [4.78, 5) is 0. The topological polar surface area (TPSA) is 60.2 Å². The summed E-state index contributed by atoms with van der Waals surface area (Å²) in [6.45, 7) is 4.74. The number of ether oxygens (including phenoxy) is 1. The first-order valence-corrected chi connectivity index (χ1v) is 6.40. The van der Waals surface area contributed by atoms with Crippen molar-refractivity contribution in [1.29, 1.82) is 0 Å². The van der Waals surface area contributed by atoms with E-state index in [4.69, 9.17) is 9.15 Å². The van der Waals surface area contributed by atoms with Crippen molar-refractivity contribution in [2.45, 2.75) is 26.0 Å². The number of aromatic nitrogens is 2. The van der Waals surface area contributed by atoms with Crippen molar-refractivity contribution in [3.05, 3.63) is 47.7 Å². The van der Waals surface area contributed by atoms with Gasteiger partial charge in [0.15, 0.2) is 0 Å². The molecule has 2 unspecified atom stereocenters. The van der Waals surface area contributed by atoms with Gasteiger partial charge in [0, 0.05) is 7.11 Å². The Morgan fingerprint density at radius 1 is 1.21 bits per heavy atom. The highest BCUT2D eigenvalue weighted by Gasteiger charge is 2.21. The Kier molecular flexibility index (Phi) is 4.65. The second kappa shape index (κ2) is 6.45. The summed E-state index contributed by atoms with van der Waals surface area (Å²) in [7, 11) is 1.62. The van der Waals surface area contributed by atoms with Gasteiger partial charge in [-0.05, 0) is 19.0 Å². The molecule has 1 N–H and O–H groups in total. The molecule has 1 heterocycles. The maximum Gasteiger partial charge on any atom is 0.244 e. The summed E-state index contributed by atoms with van der Waals surface area (Å²) in [6.07, 6.45) is -0.195. The third-order valence-electron chi connectivity index (χ3n) is 2.95. The Balaban J connectivity index is 2.27. The second-order valence-electron chi connectivity index (χ2n) is 4.26. The van der Waals surface area contributed by atoms with Gasteiger partial charge in [0.05, 0.1) is 0 Å². The van der Waals surface area contributed by atoms with Gasteiger partial charge in [-0.3, -0.25) is 0 Å². The van der Waals surface area contributed by atoms with Crippen LogP contribution in [0.2, 0.25) is 0 Å². The Morgan fingerprint density at radius 3 is 2.53 bits per heavy atom. The third-order valence-corrected chi connectivity index (χ3v) is 2.95. The molecule has 2 atom stereocenters. The smallest absolute Gasteiger partial charge is 0.244 e. The highest BCUT2D eigenvalue weighted by molar-refractivity contribution is 5.23. The van der Waals surface area contributed by atoms with Gasteiger partial charge in [-0.15, -0.1) is 10.2 Å². The number of nitrogens with zero attached hydrogens (tertiary/aromatic N) is 2. The normalized spacial score (nSPS) is 14.3. The lowest BCUT2D eigenvalue weighted by Gasteiger charge is -2.14. The fourth-order valence-electron chi connectivity index (χ4n) is 1.83. The molecule has 0 aliphatic heterocycles. The quantitative estimate of drug-likeness (QED) is 0.865. The van der Waals surface area contributed by atoms with Crippen LogP contribution in [0.15, 0.2) is 34.7 Å². The van der Waals surface area contributed by atoms with Crippen molar-refractivity contribution in [3.8, 4) is 0 Å². The number of methoxy groups -OCH3 is 1. The molecule has 1 aromatic heterocycles. The molecule has 19 heavy (non-hydrogen) atoms. The van der Waals surface area contributed by atoms with Crippen molar-refractivity contribution in [1.82, 2.24) is 15.5 Å². The lowest BCUT2D eigenvalue weighted by molar-refractivity contribution is 0.0931. The Bertz CT molecular complexity index is 498. The zero-order chi connectivity index (χ0) is 13.7. The SMILES string of the molecule is CCNC(c1ccccc1)c1nnc(C(C)OC)o1. The van der Waals surface area contributed by atoms with Crippen LogP contribution in [0.3, 0.4) is 0 Å². The molecule has 0 saturated heterocycles. The molecular weight excluding hydrogens is 242 g/mol. The summed E-state index contributed by atoms with van der Waals surface area (Å²) in [5.41, 5.74) is 1.10. The van der Waals surface area contributed by atoms with E-state index < -0.39 is 0 Å². The van der Waals surface area contributed by atoms with Gasteiger partial charge in [0.1, 0.15) is 12.1 Å². The molecule has 0 spiro atoms. The second-order valence-corrected chi connectivity index (χ2v) is 4.26. The Hall–Kier alpha value is -1.72.